The van der Waals surface area contributed by atoms with Gasteiger partial charge in [0.1, 0.15) is 22.8 Å². The minimum atomic E-state index is -2.69. The molecule has 1 aromatic rings. The maximum atomic E-state index is 13.9. The first-order valence-electron chi connectivity index (χ1n) is 13.4. The van der Waals surface area contributed by atoms with Gasteiger partial charge >= 0.3 is 0 Å². The standard InChI is InChI=1S/C28H33ClN4O8/c1-11(34)31-14-4-5-33(10-14)9-13-8-17(35)19-15(21(13)29)6-12-7-16-22(32(2)3)24(37)20(27(30)40)26(39)28(16,41)25(38)18(12)23(19)36/h8,12,14,16,22,35-36,39,41H,4-7,9-10H2,1-3H3,(H2,30,40)(H,31,34)/t12-,14+,16-,22-,28-/m0/s1. The SMILES string of the molecule is CC(=O)N[C@@H]1CCN(Cc2cc(O)c3c(c2Cl)C[C@H]2C[C@H]4[C@H](N(C)C)C(=O)C(C(N)=O)=C(O)[C@@]4(O)C(=O)C2=C3O)C1. The molecular formula is C28H33ClN4O8. The number of aliphatic hydroxyl groups is 3. The number of hydrogen-bond acceptors (Lipinski definition) is 10. The number of phenols is 1. The number of nitrogens with one attached hydrogen (secondary N) is 1. The average Bonchev–Trinajstić information content (AvgIpc) is 3.29. The van der Waals surface area contributed by atoms with Crippen molar-refractivity contribution >= 4 is 40.7 Å². The molecule has 3 aliphatic carbocycles. The Bertz CT molecular complexity index is 1450. The van der Waals surface area contributed by atoms with Crippen LogP contribution in [-0.2, 0) is 32.1 Å². The predicted octanol–water partition coefficient (Wildman–Crippen LogP) is 0.328. The minimum absolute atomic E-state index is 0.00225. The highest BCUT2D eigenvalue weighted by molar-refractivity contribution is 6.32. The van der Waals surface area contributed by atoms with Crippen LogP contribution in [0.5, 0.6) is 5.75 Å². The molecule has 5 rings (SSSR count). The van der Waals surface area contributed by atoms with Crippen molar-refractivity contribution in [2.75, 3.05) is 27.2 Å². The molecule has 12 nitrogen and oxygen atoms in total. The summed E-state index contributed by atoms with van der Waals surface area (Å²) in [7, 11) is 3.09. The molecule has 41 heavy (non-hydrogen) atoms. The number of nitrogens with zero attached hydrogens (tertiary/aromatic N) is 2. The van der Waals surface area contributed by atoms with Crippen LogP contribution in [0.4, 0.5) is 0 Å². The number of fused-ring (bicyclic) bond motifs is 3. The Morgan fingerprint density at radius 1 is 1.24 bits per heavy atom. The molecule has 1 saturated carbocycles. The van der Waals surface area contributed by atoms with Gasteiger partial charge < -0.3 is 31.5 Å². The third-order valence-electron chi connectivity index (χ3n) is 8.80. The van der Waals surface area contributed by atoms with Gasteiger partial charge in [-0.2, -0.15) is 0 Å². The lowest BCUT2D eigenvalue weighted by molar-refractivity contribution is -0.153. The number of primary amides is 1. The molecule has 0 aromatic heterocycles. The molecule has 7 N–H and O–H groups in total. The van der Waals surface area contributed by atoms with E-state index in [0.29, 0.717) is 35.8 Å². The second-order valence-corrected chi connectivity index (χ2v) is 12.0. The molecule has 1 aliphatic heterocycles. The molecule has 0 radical (unpaired) electrons. The van der Waals surface area contributed by atoms with Crippen molar-refractivity contribution in [3.05, 3.63) is 44.7 Å². The normalized spacial score (nSPS) is 29.9. The lowest BCUT2D eigenvalue weighted by Crippen LogP contribution is -2.65. The van der Waals surface area contributed by atoms with E-state index in [0.717, 1.165) is 6.42 Å². The number of halogens is 1. The molecule has 2 fully saturated rings. The van der Waals surface area contributed by atoms with Gasteiger partial charge in [0.2, 0.25) is 11.7 Å². The van der Waals surface area contributed by atoms with Gasteiger partial charge in [-0.15, -0.1) is 0 Å². The number of ketones is 2. The van der Waals surface area contributed by atoms with Crippen LogP contribution < -0.4 is 11.1 Å². The molecule has 220 valence electrons. The first-order valence-corrected chi connectivity index (χ1v) is 13.7. The van der Waals surface area contributed by atoms with Crippen molar-refractivity contribution in [2.45, 2.75) is 50.4 Å². The van der Waals surface area contributed by atoms with E-state index in [1.165, 1.54) is 17.9 Å². The molecule has 0 unspecified atom stereocenters. The first kappa shape index (κ1) is 29.1. The van der Waals surface area contributed by atoms with Gasteiger partial charge in [0.25, 0.3) is 5.91 Å². The second kappa shape index (κ2) is 10.1. The maximum Gasteiger partial charge on any atom is 0.255 e. The summed E-state index contributed by atoms with van der Waals surface area (Å²) in [6, 6.07) is 0.260. The quantitative estimate of drug-likeness (QED) is 0.261. The highest BCUT2D eigenvalue weighted by Crippen LogP contribution is 2.53. The Balaban J connectivity index is 1.56. The molecule has 0 spiro atoms. The van der Waals surface area contributed by atoms with Crippen molar-refractivity contribution in [3.63, 3.8) is 0 Å². The number of benzene rings is 1. The van der Waals surface area contributed by atoms with Crippen LogP contribution in [0.25, 0.3) is 5.76 Å². The summed E-state index contributed by atoms with van der Waals surface area (Å²) in [6.07, 6.45) is 0.862. The number of amides is 2. The van der Waals surface area contributed by atoms with E-state index in [-0.39, 0.29) is 41.7 Å². The molecule has 4 aliphatic rings. The van der Waals surface area contributed by atoms with E-state index >= 15 is 0 Å². The summed E-state index contributed by atoms with van der Waals surface area (Å²) in [5.74, 6) is -7.17. The van der Waals surface area contributed by atoms with Crippen LogP contribution in [0.2, 0.25) is 5.02 Å². The maximum absolute atomic E-state index is 13.9. The van der Waals surface area contributed by atoms with Crippen LogP contribution in [0.15, 0.2) is 23.0 Å². The van der Waals surface area contributed by atoms with Crippen LogP contribution in [0.1, 0.15) is 36.5 Å². The number of nitrogens with two attached hydrogens (primary N) is 1. The van der Waals surface area contributed by atoms with Gasteiger partial charge in [-0.3, -0.25) is 29.0 Å². The van der Waals surface area contributed by atoms with Crippen molar-refractivity contribution in [3.8, 4) is 5.75 Å². The van der Waals surface area contributed by atoms with Crippen LogP contribution >= 0.6 is 11.6 Å². The van der Waals surface area contributed by atoms with E-state index in [1.807, 2.05) is 0 Å². The highest BCUT2D eigenvalue weighted by atomic mass is 35.5. The summed E-state index contributed by atoms with van der Waals surface area (Å²) in [5, 5.41) is 48.1. The number of likely N-dealkylation sites (N-methyl/N-ethyl adjacent to an activating group) is 1. The molecule has 1 saturated heterocycles. The number of carbonyl (C=O) groups is 4. The van der Waals surface area contributed by atoms with Crippen LogP contribution in [0, 0.1) is 11.8 Å². The lowest BCUT2D eigenvalue weighted by Gasteiger charge is -2.50. The number of aromatic hydroxyl groups is 1. The van der Waals surface area contributed by atoms with Gasteiger partial charge in [-0.1, -0.05) is 11.6 Å². The Hall–Kier alpha value is -3.45. The Kier molecular flexibility index (Phi) is 7.17. The van der Waals surface area contributed by atoms with Crippen molar-refractivity contribution in [2.24, 2.45) is 17.6 Å². The number of aliphatic hydroxyl groups excluding tert-OH is 2. The number of carbonyl (C=O) groups excluding carboxylic acids is 4. The second-order valence-electron chi connectivity index (χ2n) is 11.6. The zero-order valence-electron chi connectivity index (χ0n) is 22.9. The van der Waals surface area contributed by atoms with E-state index in [1.54, 1.807) is 14.1 Å². The Morgan fingerprint density at radius 3 is 2.54 bits per heavy atom. The fourth-order valence-electron chi connectivity index (χ4n) is 7.08. The molecule has 1 aromatic carbocycles. The largest absolute Gasteiger partial charge is 0.508 e. The van der Waals surface area contributed by atoms with E-state index in [4.69, 9.17) is 17.3 Å². The van der Waals surface area contributed by atoms with Crippen molar-refractivity contribution < 1.29 is 39.6 Å². The smallest absolute Gasteiger partial charge is 0.255 e. The van der Waals surface area contributed by atoms with Gasteiger partial charge in [-0.05, 0) is 56.5 Å². The summed E-state index contributed by atoms with van der Waals surface area (Å²) in [6.45, 7) is 3.15. The Morgan fingerprint density at radius 2 is 1.93 bits per heavy atom. The summed E-state index contributed by atoms with van der Waals surface area (Å²) < 4.78 is 0. The topological polar surface area (TPSA) is 194 Å². The van der Waals surface area contributed by atoms with Crippen LogP contribution in [-0.4, -0.2) is 98.5 Å². The summed E-state index contributed by atoms with van der Waals surface area (Å²) >= 11 is 6.84. The number of phenolic OH excluding ortho intramolecular Hbond substituents is 1. The average molecular weight is 589 g/mol. The minimum Gasteiger partial charge on any atom is -0.508 e. The zero-order chi connectivity index (χ0) is 30.1. The number of Topliss-reactive ketones (excluding diaryl/α,β-unsaturated/α-hetero) is 2. The van der Waals surface area contributed by atoms with E-state index < -0.39 is 58.0 Å². The van der Waals surface area contributed by atoms with Crippen molar-refractivity contribution in [1.82, 2.24) is 15.1 Å². The van der Waals surface area contributed by atoms with E-state index in [9.17, 15) is 39.6 Å². The van der Waals surface area contributed by atoms with Gasteiger partial charge in [0, 0.05) is 49.1 Å². The monoisotopic (exact) mass is 588 g/mol. The van der Waals surface area contributed by atoms with E-state index in [2.05, 4.69) is 10.2 Å². The molecule has 1 heterocycles. The van der Waals surface area contributed by atoms with Crippen molar-refractivity contribution in [1.29, 1.82) is 0 Å². The highest BCUT2D eigenvalue weighted by Gasteiger charge is 2.64. The molecule has 5 atom stereocenters. The van der Waals surface area contributed by atoms with Crippen LogP contribution in [0.3, 0.4) is 0 Å². The third kappa shape index (κ3) is 4.40. The van der Waals surface area contributed by atoms with Gasteiger partial charge in [-0.25, -0.2) is 0 Å². The number of likely N-dealkylation sites (tertiary alicyclic amines) is 1. The first-order chi connectivity index (χ1) is 19.2. The number of rotatable bonds is 5. The summed E-state index contributed by atoms with van der Waals surface area (Å²) in [5.41, 5.74) is 2.55. The van der Waals surface area contributed by atoms with Gasteiger partial charge in [0.05, 0.1) is 11.6 Å². The predicted molar refractivity (Wildman–Crippen MR) is 147 cm³/mol. The number of hydrogen-bond donors (Lipinski definition) is 6. The van der Waals surface area contributed by atoms with Gasteiger partial charge in [0.15, 0.2) is 11.4 Å². The molecule has 13 heteroatoms. The lowest BCUT2D eigenvalue weighted by atomic mass is 9.57. The third-order valence-corrected chi connectivity index (χ3v) is 9.27. The fourth-order valence-corrected chi connectivity index (χ4v) is 7.37. The fraction of sp³-hybridized carbons (Fsp3) is 0.500. The molecule has 2 amide bonds. The zero-order valence-corrected chi connectivity index (χ0v) is 23.7. The molecule has 0 bridgehead atoms. The Labute approximate surface area is 241 Å². The summed E-state index contributed by atoms with van der Waals surface area (Å²) in [4.78, 5) is 54.2. The molecular weight excluding hydrogens is 556 g/mol.